The Bertz CT molecular complexity index is 485. The van der Waals surface area contributed by atoms with Crippen molar-refractivity contribution < 1.29 is 13.9 Å². The van der Waals surface area contributed by atoms with Crippen LogP contribution < -0.4 is 4.90 Å². The highest BCUT2D eigenvalue weighted by Gasteiger charge is 2.19. The van der Waals surface area contributed by atoms with E-state index in [-0.39, 0.29) is 5.82 Å². The molecule has 5 heteroatoms. The molecule has 0 spiro atoms. The molecule has 2 fully saturated rings. The Balaban J connectivity index is 1.72. The Morgan fingerprint density at radius 3 is 2.67 bits per heavy atom. The Morgan fingerprint density at radius 1 is 1.24 bits per heavy atom. The summed E-state index contributed by atoms with van der Waals surface area (Å²) < 4.78 is 26.1. The Morgan fingerprint density at radius 2 is 1.95 bits per heavy atom. The Kier molecular flexibility index (Phi) is 5.14. The van der Waals surface area contributed by atoms with Crippen molar-refractivity contribution in [3.63, 3.8) is 0 Å². The van der Waals surface area contributed by atoms with E-state index in [1.165, 1.54) is 12.8 Å². The summed E-state index contributed by atoms with van der Waals surface area (Å²) in [5.41, 5.74) is 1.68. The van der Waals surface area contributed by atoms with E-state index < -0.39 is 0 Å². The van der Waals surface area contributed by atoms with Crippen molar-refractivity contribution in [3.8, 4) is 0 Å². The monoisotopic (exact) mass is 357 g/mol. The van der Waals surface area contributed by atoms with E-state index in [0.717, 1.165) is 31.5 Å². The van der Waals surface area contributed by atoms with Gasteiger partial charge in [0.15, 0.2) is 5.82 Å². The van der Waals surface area contributed by atoms with Crippen LogP contribution in [0.2, 0.25) is 0 Å². The third kappa shape index (κ3) is 3.76. The van der Waals surface area contributed by atoms with Gasteiger partial charge in [0.05, 0.1) is 36.1 Å². The van der Waals surface area contributed by atoms with Gasteiger partial charge < -0.3 is 14.4 Å². The summed E-state index contributed by atoms with van der Waals surface area (Å²) in [6, 6.07) is 3.74. The molecular formula is C16H21BrFNO2. The van der Waals surface area contributed by atoms with Gasteiger partial charge in [-0.25, -0.2) is 4.39 Å². The van der Waals surface area contributed by atoms with E-state index in [1.807, 2.05) is 17.0 Å². The molecule has 1 saturated heterocycles. The maximum absolute atomic E-state index is 14.3. The molecule has 0 bridgehead atoms. The summed E-state index contributed by atoms with van der Waals surface area (Å²) in [4.78, 5) is 2.04. The molecule has 0 N–H and O–H groups in total. The van der Waals surface area contributed by atoms with Crippen molar-refractivity contribution in [2.45, 2.75) is 38.4 Å². The first-order valence-electron chi connectivity index (χ1n) is 7.66. The lowest BCUT2D eigenvalue weighted by Gasteiger charge is -2.29. The summed E-state index contributed by atoms with van der Waals surface area (Å²) in [5.74, 6) is -0.193. The smallest absolute Gasteiger partial charge is 0.160 e. The van der Waals surface area contributed by atoms with Crippen molar-refractivity contribution >= 4 is 21.6 Å². The van der Waals surface area contributed by atoms with E-state index in [1.54, 1.807) is 0 Å². The van der Waals surface area contributed by atoms with Gasteiger partial charge in [0.2, 0.25) is 0 Å². The van der Waals surface area contributed by atoms with Crippen LogP contribution in [0.15, 0.2) is 16.6 Å². The highest BCUT2D eigenvalue weighted by molar-refractivity contribution is 9.10. The molecule has 1 aliphatic carbocycles. The highest BCUT2D eigenvalue weighted by atomic mass is 79.9. The van der Waals surface area contributed by atoms with Crippen LogP contribution in [-0.4, -0.2) is 32.4 Å². The van der Waals surface area contributed by atoms with Crippen LogP contribution in [-0.2, 0) is 16.1 Å². The predicted octanol–water partition coefficient (Wildman–Crippen LogP) is 3.88. The van der Waals surface area contributed by atoms with Crippen molar-refractivity contribution in [1.82, 2.24) is 0 Å². The van der Waals surface area contributed by atoms with Crippen molar-refractivity contribution in [2.24, 2.45) is 0 Å². The molecule has 1 heterocycles. The minimum Gasteiger partial charge on any atom is -0.378 e. The summed E-state index contributed by atoms with van der Waals surface area (Å²) in [6.45, 7) is 3.33. The fourth-order valence-corrected chi connectivity index (χ4v) is 3.51. The van der Waals surface area contributed by atoms with Gasteiger partial charge >= 0.3 is 0 Å². The molecular weight excluding hydrogens is 337 g/mol. The van der Waals surface area contributed by atoms with Crippen LogP contribution in [0.5, 0.6) is 0 Å². The normalized spacial score (nSPS) is 20.2. The van der Waals surface area contributed by atoms with Crippen LogP contribution in [0.1, 0.15) is 31.2 Å². The number of ether oxygens (including phenoxy) is 2. The Labute approximate surface area is 133 Å². The molecule has 0 unspecified atom stereocenters. The van der Waals surface area contributed by atoms with E-state index in [4.69, 9.17) is 9.47 Å². The highest BCUT2D eigenvalue weighted by Crippen LogP contribution is 2.30. The van der Waals surface area contributed by atoms with Crippen LogP contribution >= 0.6 is 15.9 Å². The van der Waals surface area contributed by atoms with E-state index in [0.29, 0.717) is 36.1 Å². The number of benzene rings is 1. The zero-order valence-electron chi connectivity index (χ0n) is 12.1. The second-order valence-electron chi connectivity index (χ2n) is 5.73. The van der Waals surface area contributed by atoms with Gasteiger partial charge in [0.1, 0.15) is 0 Å². The standard InChI is InChI=1S/C16H21BrFNO2/c17-14-9-12(11-21-13-3-1-2-4-13)10-15(16(14)18)19-5-7-20-8-6-19/h9-10,13H,1-8,11H2. The molecule has 1 saturated carbocycles. The zero-order chi connectivity index (χ0) is 14.7. The van der Waals surface area contributed by atoms with Gasteiger partial charge in [0.25, 0.3) is 0 Å². The lowest BCUT2D eigenvalue weighted by Crippen LogP contribution is -2.36. The van der Waals surface area contributed by atoms with Gasteiger partial charge in [-0.3, -0.25) is 0 Å². The van der Waals surface area contributed by atoms with Crippen LogP contribution in [0.4, 0.5) is 10.1 Å². The van der Waals surface area contributed by atoms with E-state index in [9.17, 15) is 4.39 Å². The third-order valence-corrected chi connectivity index (χ3v) is 4.79. The van der Waals surface area contributed by atoms with Crippen molar-refractivity contribution in [1.29, 1.82) is 0 Å². The fourth-order valence-electron chi connectivity index (χ4n) is 3.02. The largest absolute Gasteiger partial charge is 0.378 e. The van der Waals surface area contributed by atoms with Gasteiger partial charge in [0, 0.05) is 13.1 Å². The second-order valence-corrected chi connectivity index (χ2v) is 6.58. The van der Waals surface area contributed by atoms with Crippen LogP contribution in [0.25, 0.3) is 0 Å². The molecule has 116 valence electrons. The molecule has 0 amide bonds. The summed E-state index contributed by atoms with van der Waals surface area (Å²) in [7, 11) is 0. The van der Waals surface area contributed by atoms with Gasteiger partial charge in [-0.05, 0) is 46.5 Å². The topological polar surface area (TPSA) is 21.7 Å². The average molecular weight is 358 g/mol. The molecule has 1 aromatic rings. The lowest BCUT2D eigenvalue weighted by atomic mass is 10.1. The number of nitrogens with zero attached hydrogens (tertiary/aromatic N) is 1. The van der Waals surface area contributed by atoms with Crippen LogP contribution in [0, 0.1) is 5.82 Å². The summed E-state index contributed by atoms with van der Waals surface area (Å²) in [5, 5.41) is 0. The molecule has 0 atom stereocenters. The summed E-state index contributed by atoms with van der Waals surface area (Å²) >= 11 is 3.33. The maximum Gasteiger partial charge on any atom is 0.160 e. The number of anilines is 1. The molecule has 21 heavy (non-hydrogen) atoms. The molecule has 3 rings (SSSR count). The second kappa shape index (κ2) is 7.07. The van der Waals surface area contributed by atoms with Crippen LogP contribution in [0.3, 0.4) is 0 Å². The predicted molar refractivity (Wildman–Crippen MR) is 84.2 cm³/mol. The first kappa shape index (κ1) is 15.3. The molecule has 1 aromatic carbocycles. The van der Waals surface area contributed by atoms with E-state index in [2.05, 4.69) is 15.9 Å². The first-order chi connectivity index (χ1) is 10.2. The maximum atomic E-state index is 14.3. The Hall–Kier alpha value is -0.650. The fraction of sp³-hybridized carbons (Fsp3) is 0.625. The zero-order valence-corrected chi connectivity index (χ0v) is 13.7. The first-order valence-corrected chi connectivity index (χ1v) is 8.45. The molecule has 0 aromatic heterocycles. The van der Waals surface area contributed by atoms with Crippen molar-refractivity contribution in [3.05, 3.63) is 28.0 Å². The SMILES string of the molecule is Fc1c(Br)cc(COC2CCCC2)cc1N1CCOCC1. The van der Waals surface area contributed by atoms with Gasteiger partial charge in [-0.1, -0.05) is 12.8 Å². The average Bonchev–Trinajstić information content (AvgIpc) is 3.02. The molecule has 1 aliphatic heterocycles. The molecule has 0 radical (unpaired) electrons. The number of morpholine rings is 1. The third-order valence-electron chi connectivity index (χ3n) is 4.21. The molecule has 2 aliphatic rings. The lowest BCUT2D eigenvalue weighted by molar-refractivity contribution is 0.0456. The quantitative estimate of drug-likeness (QED) is 0.815. The minimum absolute atomic E-state index is 0.193. The van der Waals surface area contributed by atoms with Gasteiger partial charge in [-0.2, -0.15) is 0 Å². The van der Waals surface area contributed by atoms with Crippen molar-refractivity contribution in [2.75, 3.05) is 31.2 Å². The van der Waals surface area contributed by atoms with Gasteiger partial charge in [-0.15, -0.1) is 0 Å². The number of halogens is 2. The number of hydrogen-bond donors (Lipinski definition) is 0. The molecule has 3 nitrogen and oxygen atoms in total. The number of rotatable bonds is 4. The minimum atomic E-state index is -0.193. The summed E-state index contributed by atoms with van der Waals surface area (Å²) in [6.07, 6.45) is 5.20. The number of hydrogen-bond acceptors (Lipinski definition) is 3. The van der Waals surface area contributed by atoms with E-state index >= 15 is 0 Å².